The van der Waals surface area contributed by atoms with E-state index in [4.69, 9.17) is 14.2 Å². The molecule has 0 spiro atoms. The molecule has 29 heavy (non-hydrogen) atoms. The first-order chi connectivity index (χ1) is 14.1. The van der Waals surface area contributed by atoms with Gasteiger partial charge in [-0.3, -0.25) is 4.79 Å². The molecule has 2 aromatic rings. The number of methoxy groups -OCH3 is 1. The summed E-state index contributed by atoms with van der Waals surface area (Å²) in [4.78, 5) is 14.9. The van der Waals surface area contributed by atoms with E-state index in [1.54, 1.807) is 41.3 Å². The molecular weight excluding hydrogens is 382 g/mol. The lowest BCUT2D eigenvalue weighted by Crippen LogP contribution is -2.46. The summed E-state index contributed by atoms with van der Waals surface area (Å²) < 4.78 is 42.0. The topological polar surface area (TPSA) is 60.0 Å². The van der Waals surface area contributed by atoms with Gasteiger partial charge in [-0.2, -0.15) is 8.78 Å². The van der Waals surface area contributed by atoms with Gasteiger partial charge in [0.05, 0.1) is 18.8 Å². The number of para-hydroxylation sites is 2. The first-order valence-corrected chi connectivity index (χ1v) is 9.48. The fourth-order valence-corrected chi connectivity index (χ4v) is 3.86. The van der Waals surface area contributed by atoms with Gasteiger partial charge in [-0.05, 0) is 31.0 Å². The number of ether oxygens (including phenoxy) is 3. The van der Waals surface area contributed by atoms with Gasteiger partial charge < -0.3 is 24.4 Å². The Labute approximate surface area is 167 Å². The van der Waals surface area contributed by atoms with Crippen LogP contribution in [0, 0.1) is 0 Å². The maximum Gasteiger partial charge on any atom is 0.387 e. The van der Waals surface area contributed by atoms with Crippen LogP contribution in [0.3, 0.4) is 0 Å². The quantitative estimate of drug-likeness (QED) is 0.787. The van der Waals surface area contributed by atoms with Crippen LogP contribution in [0.2, 0.25) is 0 Å². The second kappa shape index (κ2) is 8.24. The monoisotopic (exact) mass is 404 g/mol. The Morgan fingerprint density at radius 3 is 2.79 bits per heavy atom. The fourth-order valence-electron chi connectivity index (χ4n) is 3.86. The number of fused-ring (bicyclic) bond motifs is 1. The van der Waals surface area contributed by atoms with Crippen LogP contribution < -0.4 is 14.8 Å². The van der Waals surface area contributed by atoms with Crippen molar-refractivity contribution in [2.24, 2.45) is 0 Å². The summed E-state index contributed by atoms with van der Waals surface area (Å²) in [5.74, 6) is -0.106. The molecule has 0 saturated carbocycles. The molecule has 0 unspecified atom stereocenters. The van der Waals surface area contributed by atoms with Crippen molar-refractivity contribution in [2.75, 3.05) is 25.6 Å². The second-order valence-electron chi connectivity index (χ2n) is 6.94. The Bertz CT molecular complexity index is 887. The molecule has 0 bridgehead atoms. The zero-order valence-corrected chi connectivity index (χ0v) is 15.9. The van der Waals surface area contributed by atoms with Gasteiger partial charge in [0.15, 0.2) is 11.5 Å². The van der Waals surface area contributed by atoms with Crippen LogP contribution in [0.15, 0.2) is 42.5 Å². The number of anilines is 1. The summed E-state index contributed by atoms with van der Waals surface area (Å²) in [7, 11) is 1.39. The molecule has 2 aliphatic rings. The highest BCUT2D eigenvalue weighted by atomic mass is 19.3. The van der Waals surface area contributed by atoms with Crippen molar-refractivity contribution >= 4 is 11.6 Å². The van der Waals surface area contributed by atoms with Crippen LogP contribution in [0.25, 0.3) is 0 Å². The molecule has 154 valence electrons. The molecule has 8 heteroatoms. The lowest BCUT2D eigenvalue weighted by Gasteiger charge is -2.39. The third-order valence-corrected chi connectivity index (χ3v) is 5.18. The van der Waals surface area contributed by atoms with Crippen LogP contribution >= 0.6 is 0 Å². The minimum Gasteiger partial charge on any atom is -0.493 e. The van der Waals surface area contributed by atoms with E-state index in [9.17, 15) is 13.6 Å². The molecule has 0 aliphatic carbocycles. The third-order valence-electron chi connectivity index (χ3n) is 5.18. The highest BCUT2D eigenvalue weighted by molar-refractivity contribution is 6.01. The molecule has 1 N–H and O–H groups in total. The van der Waals surface area contributed by atoms with E-state index in [1.165, 1.54) is 7.11 Å². The molecule has 4 rings (SSSR count). The number of hydrogen-bond donors (Lipinski definition) is 1. The minimum atomic E-state index is -3.02. The number of alkyl halides is 2. The predicted molar refractivity (Wildman–Crippen MR) is 102 cm³/mol. The highest BCUT2D eigenvalue weighted by Crippen LogP contribution is 2.41. The highest BCUT2D eigenvalue weighted by Gasteiger charge is 2.37. The van der Waals surface area contributed by atoms with E-state index in [0.29, 0.717) is 30.0 Å². The fraction of sp³-hybridized carbons (Fsp3) is 0.381. The molecule has 2 atom stereocenters. The second-order valence-corrected chi connectivity index (χ2v) is 6.94. The molecule has 6 nitrogen and oxygen atoms in total. The van der Waals surface area contributed by atoms with Crippen molar-refractivity contribution in [1.82, 2.24) is 4.90 Å². The first-order valence-electron chi connectivity index (χ1n) is 9.48. The third kappa shape index (κ3) is 3.85. The molecule has 0 aromatic heterocycles. The van der Waals surface area contributed by atoms with Gasteiger partial charge >= 0.3 is 6.61 Å². The number of rotatable bonds is 6. The number of halogens is 2. The number of carbonyl (C=O) groups is 1. The Hall–Kier alpha value is -2.87. The van der Waals surface area contributed by atoms with Gasteiger partial charge in [-0.25, -0.2) is 0 Å². The summed E-state index contributed by atoms with van der Waals surface area (Å²) >= 11 is 0. The van der Waals surface area contributed by atoms with Crippen LogP contribution in [-0.4, -0.2) is 43.8 Å². The zero-order chi connectivity index (χ0) is 20.4. The summed E-state index contributed by atoms with van der Waals surface area (Å²) in [5.41, 5.74) is 1.56. The molecule has 2 aromatic carbocycles. The number of hydrogen-bond acceptors (Lipinski definition) is 5. The van der Waals surface area contributed by atoms with Gasteiger partial charge in [-0.15, -0.1) is 0 Å². The average molecular weight is 404 g/mol. The zero-order valence-electron chi connectivity index (χ0n) is 15.9. The smallest absolute Gasteiger partial charge is 0.387 e. The van der Waals surface area contributed by atoms with E-state index >= 15 is 0 Å². The maximum absolute atomic E-state index is 13.3. The number of carbonyl (C=O) groups excluding carboxylic acids is 1. The molecule has 1 fully saturated rings. The van der Waals surface area contributed by atoms with E-state index in [-0.39, 0.29) is 23.5 Å². The Balaban J connectivity index is 1.78. The number of benzene rings is 2. The van der Waals surface area contributed by atoms with Crippen molar-refractivity contribution in [3.05, 3.63) is 53.6 Å². The van der Waals surface area contributed by atoms with Crippen LogP contribution in [0.5, 0.6) is 11.5 Å². The van der Waals surface area contributed by atoms with Gasteiger partial charge in [0.25, 0.3) is 5.91 Å². The van der Waals surface area contributed by atoms with Crippen molar-refractivity contribution in [3.63, 3.8) is 0 Å². The predicted octanol–water partition coefficient (Wildman–Crippen LogP) is 4.04. The number of nitrogens with one attached hydrogen (secondary N) is 1. The van der Waals surface area contributed by atoms with Gasteiger partial charge in [-0.1, -0.05) is 24.3 Å². The van der Waals surface area contributed by atoms with Crippen molar-refractivity contribution in [1.29, 1.82) is 0 Å². The van der Waals surface area contributed by atoms with Gasteiger partial charge in [0, 0.05) is 24.4 Å². The van der Waals surface area contributed by atoms with E-state index in [0.717, 1.165) is 12.8 Å². The summed E-state index contributed by atoms with van der Waals surface area (Å²) in [6.07, 6.45) is 0.973. The molecule has 2 aliphatic heterocycles. The lowest BCUT2D eigenvalue weighted by molar-refractivity contribution is -0.0524. The number of nitrogens with zero attached hydrogens (tertiary/aromatic N) is 1. The van der Waals surface area contributed by atoms with E-state index < -0.39 is 12.8 Å². The Morgan fingerprint density at radius 1 is 1.24 bits per heavy atom. The molecular formula is C21H22F2N2O4. The molecule has 1 saturated heterocycles. The summed E-state index contributed by atoms with van der Waals surface area (Å²) in [5, 5.41) is 3.30. The van der Waals surface area contributed by atoms with Crippen molar-refractivity contribution < 1.29 is 27.8 Å². The van der Waals surface area contributed by atoms with E-state index in [2.05, 4.69) is 5.32 Å². The number of amides is 1. The molecule has 1 amide bonds. The average Bonchev–Trinajstić information content (AvgIpc) is 3.23. The van der Waals surface area contributed by atoms with Crippen LogP contribution in [0.1, 0.15) is 34.9 Å². The summed E-state index contributed by atoms with van der Waals surface area (Å²) in [6, 6.07) is 12.0. The van der Waals surface area contributed by atoms with E-state index in [1.807, 2.05) is 6.07 Å². The maximum atomic E-state index is 13.3. The minimum absolute atomic E-state index is 0.0907. The summed E-state index contributed by atoms with van der Waals surface area (Å²) in [6.45, 7) is -2.03. The largest absolute Gasteiger partial charge is 0.493 e. The van der Waals surface area contributed by atoms with Gasteiger partial charge in [0.1, 0.15) is 6.17 Å². The van der Waals surface area contributed by atoms with Crippen molar-refractivity contribution in [2.45, 2.75) is 31.7 Å². The Morgan fingerprint density at radius 2 is 2.07 bits per heavy atom. The first kappa shape index (κ1) is 19.4. The molecule has 0 radical (unpaired) electrons. The normalized spacial score (nSPS) is 21.1. The molecule has 2 heterocycles. The lowest BCUT2D eigenvalue weighted by atomic mass is 10.0. The van der Waals surface area contributed by atoms with Crippen LogP contribution in [-0.2, 0) is 4.74 Å². The van der Waals surface area contributed by atoms with Crippen molar-refractivity contribution in [3.8, 4) is 11.5 Å². The van der Waals surface area contributed by atoms with Crippen LogP contribution in [0.4, 0.5) is 14.5 Å². The standard InChI is InChI=1S/C21H22F2N2O4/c1-27-17-10-4-8-15(18(17)29-21(22)23)19-24-16-9-3-2-7-14(16)20(26)25(19)12-13-6-5-11-28-13/h2-4,7-10,13,19,21,24H,5-6,11-12H2,1H3/t13-,19+/m1/s1. The van der Waals surface area contributed by atoms with Gasteiger partial charge in [0.2, 0.25) is 0 Å². The SMILES string of the molecule is COc1cccc([C@H]2Nc3ccccc3C(=O)N2C[C@H]2CCCO2)c1OC(F)F. The Kier molecular flexibility index (Phi) is 5.53.